The fourth-order valence-electron chi connectivity index (χ4n) is 5.05. The summed E-state index contributed by atoms with van der Waals surface area (Å²) in [6.07, 6.45) is -0.381. The number of carboxylic acids is 1. The number of hydrogen-bond donors (Lipinski definition) is 3. The van der Waals surface area contributed by atoms with Gasteiger partial charge in [-0.05, 0) is 48.9 Å². The number of aromatic amines is 1. The molecule has 1 heterocycles. The van der Waals surface area contributed by atoms with Crippen LogP contribution in [0.4, 0.5) is 5.69 Å². The number of benzene rings is 4. The van der Waals surface area contributed by atoms with Crippen LogP contribution in [0.25, 0.3) is 22.0 Å². The zero-order valence-corrected chi connectivity index (χ0v) is 27.3. The van der Waals surface area contributed by atoms with Gasteiger partial charge in [0.2, 0.25) is 5.91 Å². The molecule has 0 saturated carbocycles. The molecule has 0 atom stereocenters. The molecule has 0 aliphatic heterocycles. The van der Waals surface area contributed by atoms with Crippen LogP contribution in [0.3, 0.4) is 0 Å². The third-order valence-electron chi connectivity index (χ3n) is 7.35. The zero-order valence-electron chi connectivity index (χ0n) is 27.3. The van der Waals surface area contributed by atoms with E-state index >= 15 is 0 Å². The molecule has 1 aromatic heterocycles. The van der Waals surface area contributed by atoms with Crippen molar-refractivity contribution in [2.24, 2.45) is 0 Å². The van der Waals surface area contributed by atoms with Crippen molar-refractivity contribution in [1.82, 2.24) is 4.98 Å². The Bertz CT molecular complexity index is 2010. The van der Waals surface area contributed by atoms with E-state index in [4.69, 9.17) is 19.3 Å². The Balaban J connectivity index is 0.000000222. The van der Waals surface area contributed by atoms with Gasteiger partial charge in [-0.15, -0.1) is 0 Å². The van der Waals surface area contributed by atoms with E-state index in [1.807, 2.05) is 36.4 Å². The van der Waals surface area contributed by atoms with E-state index in [1.165, 1.54) is 7.11 Å². The van der Waals surface area contributed by atoms with Crippen molar-refractivity contribution < 1.29 is 38.5 Å². The number of H-pyrrole nitrogens is 1. The van der Waals surface area contributed by atoms with Crippen LogP contribution in [0.2, 0.25) is 0 Å². The molecule has 5 rings (SSSR count). The SMILES string of the molecule is CCOC(=O)CCC(=O)Nc1ccc(OC)cc1C(=O)c1ccccc1.COc1ccc2[nH]c(=O)c(CC(=O)O)c(-c3ccccc3)c2c1. The number of nitrogens with one attached hydrogen (secondary N) is 2. The van der Waals surface area contributed by atoms with E-state index in [0.29, 0.717) is 39.4 Å². The number of carbonyl (C=O) groups excluding carboxylic acids is 3. The van der Waals surface area contributed by atoms with Gasteiger partial charge in [-0.1, -0.05) is 60.7 Å². The molecule has 1 amide bonds. The quantitative estimate of drug-likeness (QED) is 0.107. The van der Waals surface area contributed by atoms with Gasteiger partial charge in [-0.25, -0.2) is 0 Å². The normalized spacial score (nSPS) is 10.3. The minimum Gasteiger partial charge on any atom is -0.497 e. The molecule has 0 aliphatic rings. The van der Waals surface area contributed by atoms with E-state index < -0.39 is 11.9 Å². The smallest absolute Gasteiger partial charge is 0.308 e. The molecular weight excluding hydrogens is 628 g/mol. The summed E-state index contributed by atoms with van der Waals surface area (Å²) in [7, 11) is 3.07. The van der Waals surface area contributed by atoms with Gasteiger partial charge in [0.15, 0.2) is 5.78 Å². The number of aliphatic carboxylic acids is 1. The van der Waals surface area contributed by atoms with Crippen molar-refractivity contribution in [3.05, 3.63) is 124 Å². The van der Waals surface area contributed by atoms with Gasteiger partial charge in [0, 0.05) is 39.6 Å². The number of hydrogen-bond acceptors (Lipinski definition) is 8. The molecule has 4 aromatic carbocycles. The van der Waals surface area contributed by atoms with Crippen LogP contribution in [0.15, 0.2) is 102 Å². The molecule has 0 bridgehead atoms. The maximum Gasteiger partial charge on any atom is 0.308 e. The highest BCUT2D eigenvalue weighted by atomic mass is 16.5. The first-order valence-electron chi connectivity index (χ1n) is 15.4. The molecule has 0 saturated heterocycles. The second-order valence-corrected chi connectivity index (χ2v) is 10.6. The lowest BCUT2D eigenvalue weighted by Gasteiger charge is -2.13. The summed E-state index contributed by atoms with van der Waals surface area (Å²) in [6.45, 7) is 1.98. The maximum atomic E-state index is 12.8. The molecule has 11 nitrogen and oxygen atoms in total. The highest BCUT2D eigenvalue weighted by Gasteiger charge is 2.19. The summed E-state index contributed by atoms with van der Waals surface area (Å²) >= 11 is 0. The topological polar surface area (TPSA) is 161 Å². The number of rotatable bonds is 12. The molecule has 49 heavy (non-hydrogen) atoms. The van der Waals surface area contributed by atoms with Crippen molar-refractivity contribution >= 4 is 40.2 Å². The average Bonchev–Trinajstić information content (AvgIpc) is 3.11. The fourth-order valence-corrected chi connectivity index (χ4v) is 5.05. The van der Waals surface area contributed by atoms with Crippen LogP contribution >= 0.6 is 0 Å². The van der Waals surface area contributed by atoms with E-state index in [-0.39, 0.29) is 48.7 Å². The number of ketones is 1. The first-order chi connectivity index (χ1) is 23.6. The van der Waals surface area contributed by atoms with Crippen LogP contribution in [0.5, 0.6) is 11.5 Å². The minimum absolute atomic E-state index is 0.0161. The van der Waals surface area contributed by atoms with Crippen LogP contribution in [-0.4, -0.2) is 54.5 Å². The van der Waals surface area contributed by atoms with Crippen molar-refractivity contribution in [3.8, 4) is 22.6 Å². The Kier molecular flexibility index (Phi) is 12.4. The number of esters is 1. The number of pyridine rings is 1. The molecule has 252 valence electrons. The predicted octanol–water partition coefficient (Wildman–Crippen LogP) is 6.04. The Morgan fingerprint density at radius 3 is 2.06 bits per heavy atom. The number of anilines is 1. The highest BCUT2D eigenvalue weighted by molar-refractivity contribution is 6.14. The first kappa shape index (κ1) is 35.6. The van der Waals surface area contributed by atoms with Crippen molar-refractivity contribution in [2.45, 2.75) is 26.2 Å². The standard InChI is InChI=1S/C20H21NO5.C18H15NO4/c1-3-26-19(23)12-11-18(22)21-17-10-9-15(25-2)13-16(17)20(24)14-7-5-4-6-8-14;1-23-12-7-8-15-13(9-12)17(11-5-3-2-4-6-11)14(10-16(20)21)18(22)19-15/h4-10,13H,3,11-12H2,1-2H3,(H,21,22);2-9H,10H2,1H3,(H,19,22)(H,20,21). The minimum atomic E-state index is -1.05. The van der Waals surface area contributed by atoms with Gasteiger partial charge in [0.05, 0.1) is 39.4 Å². The second kappa shape index (κ2) is 17.1. The summed E-state index contributed by atoms with van der Waals surface area (Å²) in [5.74, 6) is -0.930. The molecule has 0 radical (unpaired) electrons. The van der Waals surface area contributed by atoms with E-state index in [9.17, 15) is 24.0 Å². The first-order valence-corrected chi connectivity index (χ1v) is 15.4. The van der Waals surface area contributed by atoms with Crippen LogP contribution < -0.4 is 20.3 Å². The second-order valence-electron chi connectivity index (χ2n) is 10.6. The fraction of sp³-hybridized carbons (Fsp3) is 0.184. The number of methoxy groups -OCH3 is 2. The lowest BCUT2D eigenvalue weighted by molar-refractivity contribution is -0.144. The highest BCUT2D eigenvalue weighted by Crippen LogP contribution is 2.32. The predicted molar refractivity (Wildman–Crippen MR) is 185 cm³/mol. The number of aromatic nitrogens is 1. The lowest BCUT2D eigenvalue weighted by atomic mass is 9.94. The van der Waals surface area contributed by atoms with E-state index in [2.05, 4.69) is 10.3 Å². The van der Waals surface area contributed by atoms with E-state index in [0.717, 1.165) is 10.9 Å². The Hall–Kier alpha value is -6.23. The van der Waals surface area contributed by atoms with Gasteiger partial charge >= 0.3 is 11.9 Å². The van der Waals surface area contributed by atoms with Crippen LogP contribution in [0, 0.1) is 0 Å². The number of carbonyl (C=O) groups is 4. The molecule has 0 spiro atoms. The van der Waals surface area contributed by atoms with Gasteiger partial charge in [0.1, 0.15) is 11.5 Å². The largest absolute Gasteiger partial charge is 0.497 e. The summed E-state index contributed by atoms with van der Waals surface area (Å²) < 4.78 is 15.2. The monoisotopic (exact) mass is 664 g/mol. The third-order valence-corrected chi connectivity index (χ3v) is 7.35. The van der Waals surface area contributed by atoms with Crippen LogP contribution in [-0.2, 0) is 25.5 Å². The van der Waals surface area contributed by atoms with Crippen LogP contribution in [0.1, 0.15) is 41.3 Å². The van der Waals surface area contributed by atoms with Crippen molar-refractivity contribution in [2.75, 3.05) is 26.1 Å². The summed E-state index contributed by atoms with van der Waals surface area (Å²) in [4.78, 5) is 62.6. The molecular formula is C38H36N2O9. The third kappa shape index (κ3) is 9.41. The lowest BCUT2D eigenvalue weighted by Crippen LogP contribution is -2.18. The molecule has 3 N–H and O–H groups in total. The zero-order chi connectivity index (χ0) is 35.3. The van der Waals surface area contributed by atoms with Crippen molar-refractivity contribution in [3.63, 3.8) is 0 Å². The summed E-state index contributed by atoms with van der Waals surface area (Å²) in [5, 5.41) is 12.6. The average molecular weight is 665 g/mol. The number of fused-ring (bicyclic) bond motifs is 1. The van der Waals surface area contributed by atoms with Gasteiger partial charge < -0.3 is 29.6 Å². The maximum absolute atomic E-state index is 12.8. The molecule has 0 unspecified atom stereocenters. The Morgan fingerprint density at radius 1 is 0.796 bits per heavy atom. The number of carboxylic acid groups (broad SMARTS) is 1. The van der Waals surface area contributed by atoms with Crippen molar-refractivity contribution in [1.29, 1.82) is 0 Å². The molecule has 5 aromatic rings. The Morgan fingerprint density at radius 2 is 1.43 bits per heavy atom. The Labute approximate surface area is 282 Å². The molecule has 11 heteroatoms. The van der Waals surface area contributed by atoms with Gasteiger partial charge in [0.25, 0.3) is 5.56 Å². The summed E-state index contributed by atoms with van der Waals surface area (Å²) in [6, 6.07) is 28.2. The summed E-state index contributed by atoms with van der Waals surface area (Å²) in [5.41, 5.74) is 3.12. The van der Waals surface area contributed by atoms with E-state index in [1.54, 1.807) is 74.7 Å². The molecule has 0 aliphatic carbocycles. The van der Waals surface area contributed by atoms with Gasteiger partial charge in [-0.3, -0.25) is 24.0 Å². The number of amides is 1. The molecule has 0 fully saturated rings. The van der Waals surface area contributed by atoms with Gasteiger partial charge in [-0.2, -0.15) is 0 Å². The number of ether oxygens (including phenoxy) is 3.